The first-order chi connectivity index (χ1) is 4.83. The van der Waals surface area contributed by atoms with E-state index in [9.17, 15) is 0 Å². The lowest BCUT2D eigenvalue weighted by atomic mass is 10.2. The third-order valence-electron chi connectivity index (χ3n) is 1.32. The smallest absolute Gasteiger partial charge is 0.0306 e. The average molecular weight is 136 g/mol. The zero-order valence-electron chi connectivity index (χ0n) is 6.15. The molecule has 0 radical (unpaired) electrons. The Morgan fingerprint density at radius 2 is 2.40 bits per heavy atom. The fourth-order valence-corrected chi connectivity index (χ4v) is 0.803. The average Bonchev–Trinajstić information content (AvgIpc) is 1.95. The van der Waals surface area contributed by atoms with E-state index in [1.54, 1.807) is 0 Å². The molecule has 0 aromatic carbocycles. The second kappa shape index (κ2) is 3.22. The predicted molar refractivity (Wildman–Crippen MR) is 43.4 cm³/mol. The Bertz CT molecular complexity index is 189. The van der Waals surface area contributed by atoms with Gasteiger partial charge >= 0.3 is 0 Å². The minimum Gasteiger partial charge on any atom is -0.362 e. The summed E-state index contributed by atoms with van der Waals surface area (Å²) in [5.41, 5.74) is 2.19. The van der Waals surface area contributed by atoms with Crippen LogP contribution >= 0.6 is 0 Å². The van der Waals surface area contributed by atoms with Gasteiger partial charge in [-0.05, 0) is 18.7 Å². The third kappa shape index (κ3) is 1.74. The Hall–Kier alpha value is -1.02. The van der Waals surface area contributed by atoms with Gasteiger partial charge < -0.3 is 10.6 Å². The van der Waals surface area contributed by atoms with Gasteiger partial charge in [-0.25, -0.2) is 0 Å². The van der Waals surface area contributed by atoms with Crippen LogP contribution in [0.15, 0.2) is 36.2 Å². The molecule has 2 nitrogen and oxygen atoms in total. The summed E-state index contributed by atoms with van der Waals surface area (Å²) in [4.78, 5) is 0. The van der Waals surface area contributed by atoms with Crippen LogP contribution in [0.5, 0.6) is 0 Å². The highest BCUT2D eigenvalue weighted by molar-refractivity contribution is 5.32. The Labute approximate surface area is 61.3 Å². The quantitative estimate of drug-likeness (QED) is 0.585. The van der Waals surface area contributed by atoms with E-state index in [2.05, 4.69) is 23.3 Å². The third-order valence-corrected chi connectivity index (χ3v) is 1.32. The maximum Gasteiger partial charge on any atom is 0.0306 e. The molecule has 0 atom stereocenters. The van der Waals surface area contributed by atoms with Gasteiger partial charge in [0.05, 0.1) is 0 Å². The number of likely N-dealkylation sites (N-methyl/N-ethyl adjacent to an activating group) is 1. The molecular weight excluding hydrogens is 124 g/mol. The van der Waals surface area contributed by atoms with Crippen LogP contribution in [-0.2, 0) is 0 Å². The van der Waals surface area contributed by atoms with E-state index in [1.807, 2.05) is 19.3 Å². The first kappa shape index (κ1) is 7.09. The summed E-state index contributed by atoms with van der Waals surface area (Å²) in [6.45, 7) is 4.65. The van der Waals surface area contributed by atoms with Gasteiger partial charge in [0.2, 0.25) is 0 Å². The molecule has 0 aromatic heterocycles. The minimum absolute atomic E-state index is 0.900. The topological polar surface area (TPSA) is 24.1 Å². The second-order valence-corrected chi connectivity index (χ2v) is 2.25. The highest BCUT2D eigenvalue weighted by atomic mass is 14.9. The van der Waals surface area contributed by atoms with Gasteiger partial charge in [0.1, 0.15) is 0 Å². The van der Waals surface area contributed by atoms with Crippen LogP contribution < -0.4 is 10.6 Å². The zero-order chi connectivity index (χ0) is 7.40. The maximum atomic E-state index is 3.75. The monoisotopic (exact) mass is 136 g/mol. The lowest BCUT2D eigenvalue weighted by Gasteiger charge is -2.08. The van der Waals surface area contributed by atoms with Gasteiger partial charge in [0.15, 0.2) is 0 Å². The van der Waals surface area contributed by atoms with Gasteiger partial charge in [0.25, 0.3) is 0 Å². The normalized spacial score (nSPS) is 16.5. The molecule has 0 aromatic rings. The van der Waals surface area contributed by atoms with Crippen molar-refractivity contribution in [1.29, 1.82) is 0 Å². The Morgan fingerprint density at radius 3 is 2.90 bits per heavy atom. The van der Waals surface area contributed by atoms with Crippen molar-refractivity contribution in [1.82, 2.24) is 10.6 Å². The predicted octanol–water partition coefficient (Wildman–Crippen LogP) is 0.763. The SMILES string of the molecule is C=C1C=CC(CNC)=CN1. The summed E-state index contributed by atoms with van der Waals surface area (Å²) in [6, 6.07) is 0. The summed E-state index contributed by atoms with van der Waals surface area (Å²) in [5.74, 6) is 0. The molecule has 0 aliphatic carbocycles. The van der Waals surface area contributed by atoms with Gasteiger partial charge in [-0.3, -0.25) is 0 Å². The first-order valence-corrected chi connectivity index (χ1v) is 3.30. The van der Waals surface area contributed by atoms with Crippen LogP contribution in [0.25, 0.3) is 0 Å². The minimum atomic E-state index is 0.900. The molecule has 54 valence electrons. The summed E-state index contributed by atoms with van der Waals surface area (Å²) in [7, 11) is 1.93. The van der Waals surface area contributed by atoms with Gasteiger partial charge in [-0.15, -0.1) is 0 Å². The standard InChI is InChI=1S/C8H12N2/c1-7-3-4-8(5-9-2)6-10-7/h3-4,6,9-10H,1,5H2,2H3. The molecule has 1 rings (SSSR count). The molecule has 0 saturated heterocycles. The van der Waals surface area contributed by atoms with Crippen molar-refractivity contribution in [2.75, 3.05) is 13.6 Å². The van der Waals surface area contributed by atoms with Crippen LogP contribution in [0.2, 0.25) is 0 Å². The molecule has 0 bridgehead atoms. The van der Waals surface area contributed by atoms with Crippen molar-refractivity contribution in [3.8, 4) is 0 Å². The van der Waals surface area contributed by atoms with Crippen molar-refractivity contribution in [3.63, 3.8) is 0 Å². The van der Waals surface area contributed by atoms with Crippen molar-refractivity contribution in [3.05, 3.63) is 36.2 Å². The number of hydrogen-bond acceptors (Lipinski definition) is 2. The number of allylic oxidation sites excluding steroid dienone is 1. The van der Waals surface area contributed by atoms with Crippen LogP contribution in [0.1, 0.15) is 0 Å². The van der Waals surface area contributed by atoms with Crippen molar-refractivity contribution in [2.24, 2.45) is 0 Å². The van der Waals surface area contributed by atoms with E-state index < -0.39 is 0 Å². The van der Waals surface area contributed by atoms with Crippen LogP contribution in [0.3, 0.4) is 0 Å². The lowest BCUT2D eigenvalue weighted by Crippen LogP contribution is -2.14. The molecule has 2 N–H and O–H groups in total. The first-order valence-electron chi connectivity index (χ1n) is 3.30. The highest BCUT2D eigenvalue weighted by Gasteiger charge is 1.95. The molecule has 2 heteroatoms. The Balaban J connectivity index is 2.50. The number of hydrogen-bond donors (Lipinski definition) is 2. The van der Waals surface area contributed by atoms with Crippen LogP contribution in [-0.4, -0.2) is 13.6 Å². The molecule has 0 spiro atoms. The van der Waals surface area contributed by atoms with E-state index in [4.69, 9.17) is 0 Å². The molecule has 0 amide bonds. The van der Waals surface area contributed by atoms with E-state index >= 15 is 0 Å². The summed E-state index contributed by atoms with van der Waals surface area (Å²) in [5, 5.41) is 6.10. The molecular formula is C8H12N2. The van der Waals surface area contributed by atoms with Crippen molar-refractivity contribution in [2.45, 2.75) is 0 Å². The molecule has 1 aliphatic heterocycles. The second-order valence-electron chi connectivity index (χ2n) is 2.25. The van der Waals surface area contributed by atoms with E-state index in [-0.39, 0.29) is 0 Å². The Morgan fingerprint density at radius 1 is 1.60 bits per heavy atom. The molecule has 0 fully saturated rings. The van der Waals surface area contributed by atoms with E-state index in [0.29, 0.717) is 0 Å². The number of rotatable bonds is 2. The van der Waals surface area contributed by atoms with Gasteiger partial charge in [-0.1, -0.05) is 12.7 Å². The van der Waals surface area contributed by atoms with Gasteiger partial charge in [-0.2, -0.15) is 0 Å². The fourth-order valence-electron chi connectivity index (χ4n) is 0.803. The van der Waals surface area contributed by atoms with Crippen LogP contribution in [0.4, 0.5) is 0 Å². The number of dihydropyridines is 1. The molecule has 0 unspecified atom stereocenters. The van der Waals surface area contributed by atoms with Crippen molar-refractivity contribution < 1.29 is 0 Å². The molecule has 1 aliphatic rings. The summed E-state index contributed by atoms with van der Waals surface area (Å²) in [6.07, 6.45) is 5.97. The van der Waals surface area contributed by atoms with E-state index in [0.717, 1.165) is 12.2 Å². The largest absolute Gasteiger partial charge is 0.362 e. The summed E-state index contributed by atoms with van der Waals surface area (Å²) >= 11 is 0. The van der Waals surface area contributed by atoms with Gasteiger partial charge in [0, 0.05) is 18.4 Å². The lowest BCUT2D eigenvalue weighted by molar-refractivity contribution is 0.879. The zero-order valence-corrected chi connectivity index (χ0v) is 6.15. The fraction of sp³-hybridized carbons (Fsp3) is 0.250. The highest BCUT2D eigenvalue weighted by Crippen LogP contribution is 2.02. The van der Waals surface area contributed by atoms with E-state index in [1.165, 1.54) is 5.57 Å². The number of nitrogens with one attached hydrogen (secondary N) is 2. The maximum absolute atomic E-state index is 3.75. The summed E-state index contributed by atoms with van der Waals surface area (Å²) < 4.78 is 0. The molecule has 0 saturated carbocycles. The molecule has 1 heterocycles. The van der Waals surface area contributed by atoms with Crippen LogP contribution in [0, 0.1) is 0 Å². The molecule has 10 heavy (non-hydrogen) atoms. The Kier molecular flexibility index (Phi) is 2.29. The van der Waals surface area contributed by atoms with Crippen molar-refractivity contribution >= 4 is 0 Å².